The fourth-order valence-corrected chi connectivity index (χ4v) is 5.72. The molecule has 0 bridgehead atoms. The average molecular weight is 413 g/mol. The molecule has 28 heavy (non-hydrogen) atoms. The molecule has 0 saturated carbocycles. The Morgan fingerprint density at radius 3 is 2.96 bits per heavy atom. The summed E-state index contributed by atoms with van der Waals surface area (Å²) in [5, 5.41) is 10.4. The standard InChI is InChI=1S/C19H20N6OS2/c1-25-17(12-7-5-9-26-12)23-24-19(25)27-10-14-21-16(20)15-11-6-3-2-4-8-13(11)28-18(15)22-14/h5,7,9H,2-4,6,8,10H2,1H3,(H2,20,21,22). The van der Waals surface area contributed by atoms with Crippen LogP contribution in [0, 0.1) is 0 Å². The highest BCUT2D eigenvalue weighted by Gasteiger charge is 2.20. The molecule has 0 atom stereocenters. The van der Waals surface area contributed by atoms with Gasteiger partial charge in [-0.05, 0) is 43.4 Å². The average Bonchev–Trinajstić information content (AvgIpc) is 3.37. The molecule has 4 aromatic rings. The van der Waals surface area contributed by atoms with E-state index in [2.05, 4.69) is 15.2 Å². The first kappa shape index (κ1) is 17.7. The highest BCUT2D eigenvalue weighted by atomic mass is 32.2. The molecule has 0 spiro atoms. The minimum absolute atomic E-state index is 0.590. The van der Waals surface area contributed by atoms with Crippen LogP contribution in [-0.4, -0.2) is 24.7 Å². The van der Waals surface area contributed by atoms with Gasteiger partial charge in [-0.2, -0.15) is 0 Å². The van der Waals surface area contributed by atoms with E-state index in [4.69, 9.17) is 15.1 Å². The normalized spacial score (nSPS) is 14.3. The number of aryl methyl sites for hydroxylation is 2. The molecule has 1 aliphatic carbocycles. The van der Waals surface area contributed by atoms with E-state index in [1.54, 1.807) is 29.4 Å². The minimum Gasteiger partial charge on any atom is -0.461 e. The quantitative estimate of drug-likeness (QED) is 0.396. The van der Waals surface area contributed by atoms with Crippen LogP contribution in [0.25, 0.3) is 21.8 Å². The number of anilines is 1. The SMILES string of the molecule is Cn1c(SCc2nc(N)c3c4c(sc3n2)CCCCC4)nnc1-c1ccco1. The van der Waals surface area contributed by atoms with E-state index in [1.807, 2.05) is 23.7 Å². The zero-order chi connectivity index (χ0) is 19.1. The molecule has 1 aliphatic rings. The predicted molar refractivity (Wildman–Crippen MR) is 111 cm³/mol. The maximum Gasteiger partial charge on any atom is 0.200 e. The Morgan fingerprint density at radius 1 is 1.21 bits per heavy atom. The van der Waals surface area contributed by atoms with E-state index < -0.39 is 0 Å². The number of thioether (sulfide) groups is 1. The minimum atomic E-state index is 0.590. The molecule has 4 aromatic heterocycles. The van der Waals surface area contributed by atoms with Crippen molar-refractivity contribution in [3.63, 3.8) is 0 Å². The van der Waals surface area contributed by atoms with Crippen LogP contribution in [-0.2, 0) is 25.6 Å². The fraction of sp³-hybridized carbons (Fsp3) is 0.368. The third kappa shape index (κ3) is 3.08. The monoisotopic (exact) mass is 412 g/mol. The van der Waals surface area contributed by atoms with Crippen LogP contribution >= 0.6 is 23.1 Å². The second kappa shape index (κ2) is 7.21. The van der Waals surface area contributed by atoms with E-state index in [1.165, 1.54) is 29.7 Å². The van der Waals surface area contributed by atoms with Crippen LogP contribution in [0.15, 0.2) is 28.0 Å². The van der Waals surface area contributed by atoms with Gasteiger partial charge in [-0.15, -0.1) is 21.5 Å². The second-order valence-corrected chi connectivity index (χ2v) is 8.93. The molecule has 0 fully saturated rings. The van der Waals surface area contributed by atoms with Crippen molar-refractivity contribution in [2.24, 2.45) is 7.05 Å². The number of rotatable bonds is 4. The lowest BCUT2D eigenvalue weighted by molar-refractivity contribution is 0.572. The van der Waals surface area contributed by atoms with Gasteiger partial charge < -0.3 is 14.7 Å². The third-order valence-corrected chi connectivity index (χ3v) is 7.25. The van der Waals surface area contributed by atoms with Crippen molar-refractivity contribution >= 4 is 39.1 Å². The summed E-state index contributed by atoms with van der Waals surface area (Å²) in [5.41, 5.74) is 7.72. The van der Waals surface area contributed by atoms with Crippen molar-refractivity contribution in [1.82, 2.24) is 24.7 Å². The third-order valence-electron chi connectivity index (χ3n) is 5.05. The molecule has 9 heteroatoms. The van der Waals surface area contributed by atoms with Crippen molar-refractivity contribution in [3.05, 3.63) is 34.7 Å². The highest BCUT2D eigenvalue weighted by molar-refractivity contribution is 7.98. The molecule has 0 unspecified atom stereocenters. The molecule has 4 heterocycles. The first-order chi connectivity index (χ1) is 13.7. The first-order valence-electron chi connectivity index (χ1n) is 9.33. The maximum atomic E-state index is 6.34. The van der Waals surface area contributed by atoms with E-state index in [-0.39, 0.29) is 0 Å². The van der Waals surface area contributed by atoms with Crippen molar-refractivity contribution in [2.75, 3.05) is 5.73 Å². The van der Waals surface area contributed by atoms with Crippen molar-refractivity contribution in [3.8, 4) is 11.6 Å². The van der Waals surface area contributed by atoms with Crippen molar-refractivity contribution in [1.29, 1.82) is 0 Å². The largest absolute Gasteiger partial charge is 0.461 e. The Morgan fingerprint density at radius 2 is 2.11 bits per heavy atom. The van der Waals surface area contributed by atoms with Crippen molar-refractivity contribution < 1.29 is 4.42 Å². The zero-order valence-electron chi connectivity index (χ0n) is 15.5. The van der Waals surface area contributed by atoms with E-state index in [9.17, 15) is 0 Å². The smallest absolute Gasteiger partial charge is 0.200 e. The van der Waals surface area contributed by atoms with Crippen LogP contribution < -0.4 is 5.73 Å². The summed E-state index contributed by atoms with van der Waals surface area (Å²) in [6, 6.07) is 3.71. The topological polar surface area (TPSA) is 95.7 Å². The molecule has 0 saturated heterocycles. The van der Waals surface area contributed by atoms with Crippen LogP contribution in [0.2, 0.25) is 0 Å². The Kier molecular flexibility index (Phi) is 4.56. The lowest BCUT2D eigenvalue weighted by atomic mass is 10.1. The lowest BCUT2D eigenvalue weighted by Gasteiger charge is -2.05. The molecule has 7 nitrogen and oxygen atoms in total. The van der Waals surface area contributed by atoms with E-state index in [0.717, 1.165) is 34.0 Å². The lowest BCUT2D eigenvalue weighted by Crippen LogP contribution is -2.01. The summed E-state index contributed by atoms with van der Waals surface area (Å²) < 4.78 is 7.33. The van der Waals surface area contributed by atoms with Gasteiger partial charge in [-0.3, -0.25) is 0 Å². The first-order valence-corrected chi connectivity index (χ1v) is 11.1. The predicted octanol–water partition coefficient (Wildman–Crippen LogP) is 4.22. The molecule has 144 valence electrons. The number of hydrogen-bond donors (Lipinski definition) is 1. The molecular weight excluding hydrogens is 392 g/mol. The number of aromatic nitrogens is 5. The summed E-state index contributed by atoms with van der Waals surface area (Å²) in [5.74, 6) is 3.32. The molecule has 0 aliphatic heterocycles. The molecular formula is C19H20N6OS2. The number of nitrogens with two attached hydrogens (primary N) is 1. The Bertz CT molecular complexity index is 1130. The fourth-order valence-electron chi connectivity index (χ4n) is 3.66. The Hall–Kier alpha value is -2.39. The molecule has 5 rings (SSSR count). The number of nitrogen functional groups attached to an aromatic ring is 1. The summed E-state index contributed by atoms with van der Waals surface area (Å²) in [6.45, 7) is 0. The molecule has 0 aromatic carbocycles. The van der Waals surface area contributed by atoms with Gasteiger partial charge in [0, 0.05) is 11.9 Å². The van der Waals surface area contributed by atoms with Gasteiger partial charge in [0.25, 0.3) is 0 Å². The maximum absolute atomic E-state index is 6.34. The zero-order valence-corrected chi connectivity index (χ0v) is 17.1. The number of hydrogen-bond acceptors (Lipinski definition) is 8. The summed E-state index contributed by atoms with van der Waals surface area (Å²) >= 11 is 3.33. The van der Waals surface area contributed by atoms with Crippen LogP contribution in [0.4, 0.5) is 5.82 Å². The summed E-state index contributed by atoms with van der Waals surface area (Å²) in [4.78, 5) is 11.9. The number of nitrogens with zero attached hydrogens (tertiary/aromatic N) is 5. The van der Waals surface area contributed by atoms with Gasteiger partial charge >= 0.3 is 0 Å². The van der Waals surface area contributed by atoms with Crippen LogP contribution in [0.1, 0.15) is 35.5 Å². The van der Waals surface area contributed by atoms with Gasteiger partial charge in [0.05, 0.1) is 17.4 Å². The van der Waals surface area contributed by atoms with Gasteiger partial charge in [0.1, 0.15) is 16.5 Å². The Balaban J connectivity index is 1.40. The second-order valence-electron chi connectivity index (χ2n) is 6.90. The van der Waals surface area contributed by atoms with Gasteiger partial charge in [-0.1, -0.05) is 18.2 Å². The van der Waals surface area contributed by atoms with Gasteiger partial charge in [0.2, 0.25) is 0 Å². The molecule has 0 amide bonds. The van der Waals surface area contributed by atoms with Crippen molar-refractivity contribution in [2.45, 2.75) is 43.0 Å². The molecule has 2 N–H and O–H groups in total. The highest BCUT2D eigenvalue weighted by Crippen LogP contribution is 2.37. The van der Waals surface area contributed by atoms with Gasteiger partial charge in [-0.25, -0.2) is 9.97 Å². The number of thiophene rings is 1. The summed E-state index contributed by atoms with van der Waals surface area (Å²) in [6.07, 6.45) is 7.61. The number of fused-ring (bicyclic) bond motifs is 3. The van der Waals surface area contributed by atoms with E-state index in [0.29, 0.717) is 23.2 Å². The molecule has 0 radical (unpaired) electrons. The van der Waals surface area contributed by atoms with E-state index >= 15 is 0 Å². The van der Waals surface area contributed by atoms with Crippen LogP contribution in [0.3, 0.4) is 0 Å². The van der Waals surface area contributed by atoms with Gasteiger partial charge in [0.15, 0.2) is 16.7 Å². The number of furan rings is 1. The summed E-state index contributed by atoms with van der Waals surface area (Å²) in [7, 11) is 1.93. The van der Waals surface area contributed by atoms with Crippen LogP contribution in [0.5, 0.6) is 0 Å². The Labute approximate surface area is 170 Å².